The quantitative estimate of drug-likeness (QED) is 0.778. The van der Waals surface area contributed by atoms with E-state index in [9.17, 15) is 4.79 Å². The lowest BCUT2D eigenvalue weighted by Crippen LogP contribution is -2.13. The van der Waals surface area contributed by atoms with E-state index < -0.39 is 0 Å². The highest BCUT2D eigenvalue weighted by molar-refractivity contribution is 6.30. The van der Waals surface area contributed by atoms with Gasteiger partial charge in [-0.3, -0.25) is 4.79 Å². The van der Waals surface area contributed by atoms with Crippen molar-refractivity contribution in [1.82, 2.24) is 9.97 Å². The molecular formula is C15H12ClN3O2. The number of halogens is 1. The van der Waals surface area contributed by atoms with Gasteiger partial charge in [0.05, 0.1) is 18.1 Å². The molecule has 3 rings (SSSR count). The van der Waals surface area contributed by atoms with Crippen LogP contribution in [0, 0.1) is 0 Å². The predicted octanol–water partition coefficient (Wildman–Crippen LogP) is 3.48. The van der Waals surface area contributed by atoms with Crippen LogP contribution in [-0.2, 0) is 0 Å². The molecule has 0 aliphatic carbocycles. The summed E-state index contributed by atoms with van der Waals surface area (Å²) in [7, 11) is 1.58. The average Bonchev–Trinajstić information content (AvgIpc) is 2.90. The molecule has 1 aromatic heterocycles. The topological polar surface area (TPSA) is 67.0 Å². The molecule has 0 radical (unpaired) electrons. The Balaban J connectivity index is 1.87. The molecule has 1 amide bonds. The van der Waals surface area contributed by atoms with Gasteiger partial charge in [0.25, 0.3) is 5.91 Å². The molecule has 0 aliphatic rings. The maximum atomic E-state index is 12.2. The van der Waals surface area contributed by atoms with E-state index in [1.165, 1.54) is 0 Å². The van der Waals surface area contributed by atoms with Crippen LogP contribution in [0.4, 0.5) is 5.69 Å². The lowest BCUT2D eigenvalue weighted by atomic mass is 10.3. The normalized spacial score (nSPS) is 10.6. The molecule has 0 unspecified atom stereocenters. The van der Waals surface area contributed by atoms with E-state index in [-0.39, 0.29) is 11.7 Å². The van der Waals surface area contributed by atoms with Crippen LogP contribution in [0.15, 0.2) is 42.5 Å². The number of hydrogen-bond donors (Lipinski definition) is 2. The zero-order chi connectivity index (χ0) is 14.8. The minimum absolute atomic E-state index is 0.234. The maximum Gasteiger partial charge on any atom is 0.291 e. The first kappa shape index (κ1) is 13.5. The van der Waals surface area contributed by atoms with Crippen molar-refractivity contribution in [3.8, 4) is 5.75 Å². The van der Waals surface area contributed by atoms with Crippen molar-refractivity contribution in [2.45, 2.75) is 0 Å². The fraction of sp³-hybridized carbons (Fsp3) is 0.0667. The summed E-state index contributed by atoms with van der Waals surface area (Å²) in [4.78, 5) is 19.4. The first-order valence-corrected chi connectivity index (χ1v) is 6.64. The number of aromatic nitrogens is 2. The molecule has 3 aromatic rings. The number of amides is 1. The lowest BCUT2D eigenvalue weighted by Gasteiger charge is -2.02. The van der Waals surface area contributed by atoms with Crippen molar-refractivity contribution in [2.75, 3.05) is 12.4 Å². The van der Waals surface area contributed by atoms with Crippen LogP contribution in [0.1, 0.15) is 10.6 Å². The van der Waals surface area contributed by atoms with Gasteiger partial charge in [0, 0.05) is 16.8 Å². The Hall–Kier alpha value is -2.53. The molecule has 1 heterocycles. The summed E-state index contributed by atoms with van der Waals surface area (Å²) in [5, 5.41) is 3.30. The number of nitrogens with one attached hydrogen (secondary N) is 2. The van der Waals surface area contributed by atoms with E-state index in [1.807, 2.05) is 6.07 Å². The molecule has 0 aliphatic heterocycles. The maximum absolute atomic E-state index is 12.2. The smallest absolute Gasteiger partial charge is 0.291 e. The Labute approximate surface area is 125 Å². The summed E-state index contributed by atoms with van der Waals surface area (Å²) in [6.45, 7) is 0. The summed E-state index contributed by atoms with van der Waals surface area (Å²) in [6, 6.07) is 12.3. The summed E-state index contributed by atoms with van der Waals surface area (Å²) >= 11 is 5.88. The number of imidazole rings is 1. The summed E-state index contributed by atoms with van der Waals surface area (Å²) in [5.41, 5.74) is 2.06. The highest BCUT2D eigenvalue weighted by Gasteiger charge is 2.12. The zero-order valence-electron chi connectivity index (χ0n) is 11.2. The number of carbonyl (C=O) groups is 1. The van der Waals surface area contributed by atoms with Crippen molar-refractivity contribution in [1.29, 1.82) is 0 Å². The molecule has 0 saturated heterocycles. The predicted molar refractivity (Wildman–Crippen MR) is 82.1 cm³/mol. The first-order valence-electron chi connectivity index (χ1n) is 6.26. The van der Waals surface area contributed by atoms with Gasteiger partial charge in [-0.05, 0) is 30.3 Å². The number of benzene rings is 2. The van der Waals surface area contributed by atoms with Gasteiger partial charge < -0.3 is 15.0 Å². The van der Waals surface area contributed by atoms with Crippen LogP contribution in [0.5, 0.6) is 5.75 Å². The second-order valence-corrected chi connectivity index (χ2v) is 4.87. The van der Waals surface area contributed by atoms with Crippen molar-refractivity contribution in [3.05, 3.63) is 53.3 Å². The van der Waals surface area contributed by atoms with Crippen molar-refractivity contribution in [2.24, 2.45) is 0 Å². The summed E-state index contributed by atoms with van der Waals surface area (Å²) < 4.78 is 5.13. The molecule has 21 heavy (non-hydrogen) atoms. The molecule has 5 nitrogen and oxygen atoms in total. The van der Waals surface area contributed by atoms with E-state index in [0.29, 0.717) is 22.0 Å². The second-order valence-electron chi connectivity index (χ2n) is 4.43. The van der Waals surface area contributed by atoms with E-state index in [0.717, 1.165) is 5.52 Å². The molecular weight excluding hydrogens is 290 g/mol. The number of rotatable bonds is 3. The van der Waals surface area contributed by atoms with E-state index >= 15 is 0 Å². The monoisotopic (exact) mass is 301 g/mol. The van der Waals surface area contributed by atoms with Gasteiger partial charge in [0.1, 0.15) is 5.75 Å². The SMILES string of the molecule is COc1ccc2[nH]c(C(=O)Nc3cccc(Cl)c3)nc2c1. The van der Waals surface area contributed by atoms with Crippen LogP contribution in [0.3, 0.4) is 0 Å². The molecule has 0 saturated carbocycles. The first-order chi connectivity index (χ1) is 10.2. The number of nitrogens with zero attached hydrogens (tertiary/aromatic N) is 1. The number of ether oxygens (including phenoxy) is 1. The fourth-order valence-corrected chi connectivity index (χ4v) is 2.17. The van der Waals surface area contributed by atoms with Gasteiger partial charge in [-0.25, -0.2) is 4.98 Å². The largest absolute Gasteiger partial charge is 0.497 e. The van der Waals surface area contributed by atoms with Crippen LogP contribution in [0.2, 0.25) is 5.02 Å². The minimum atomic E-state index is -0.326. The molecule has 2 aromatic carbocycles. The van der Waals surface area contributed by atoms with Crippen LogP contribution in [-0.4, -0.2) is 23.0 Å². The zero-order valence-corrected chi connectivity index (χ0v) is 11.9. The Kier molecular flexibility index (Phi) is 3.50. The molecule has 0 atom stereocenters. The van der Waals surface area contributed by atoms with Gasteiger partial charge in [-0.2, -0.15) is 0 Å². The summed E-state index contributed by atoms with van der Waals surface area (Å²) in [6.07, 6.45) is 0. The number of H-pyrrole nitrogens is 1. The van der Waals surface area contributed by atoms with Gasteiger partial charge >= 0.3 is 0 Å². The van der Waals surface area contributed by atoms with Gasteiger partial charge in [0.2, 0.25) is 0 Å². The number of carbonyl (C=O) groups excluding carboxylic acids is 1. The molecule has 0 spiro atoms. The van der Waals surface area contributed by atoms with Crippen molar-refractivity contribution >= 4 is 34.2 Å². The second kappa shape index (κ2) is 5.46. The number of hydrogen-bond acceptors (Lipinski definition) is 3. The standard InChI is InChI=1S/C15H12ClN3O2/c1-21-11-5-6-12-13(8-11)19-14(18-12)15(20)17-10-4-2-3-9(16)7-10/h2-8H,1H3,(H,17,20)(H,18,19). The summed E-state index contributed by atoms with van der Waals surface area (Å²) in [5.74, 6) is 0.599. The third kappa shape index (κ3) is 2.83. The number of methoxy groups -OCH3 is 1. The van der Waals surface area contributed by atoms with Gasteiger partial charge in [-0.15, -0.1) is 0 Å². The van der Waals surface area contributed by atoms with Gasteiger partial charge in [-0.1, -0.05) is 17.7 Å². The molecule has 6 heteroatoms. The third-order valence-electron chi connectivity index (χ3n) is 2.99. The molecule has 2 N–H and O–H groups in total. The minimum Gasteiger partial charge on any atom is -0.497 e. The average molecular weight is 302 g/mol. The Bertz CT molecular complexity index is 814. The highest BCUT2D eigenvalue weighted by atomic mass is 35.5. The van der Waals surface area contributed by atoms with E-state index in [2.05, 4.69) is 15.3 Å². The Morgan fingerprint density at radius 3 is 2.90 bits per heavy atom. The highest BCUT2D eigenvalue weighted by Crippen LogP contribution is 2.20. The number of aromatic amines is 1. The fourth-order valence-electron chi connectivity index (χ4n) is 1.98. The Morgan fingerprint density at radius 2 is 2.14 bits per heavy atom. The van der Waals surface area contributed by atoms with Crippen molar-refractivity contribution < 1.29 is 9.53 Å². The molecule has 106 valence electrons. The van der Waals surface area contributed by atoms with Crippen LogP contribution >= 0.6 is 11.6 Å². The van der Waals surface area contributed by atoms with Crippen LogP contribution in [0.25, 0.3) is 11.0 Å². The van der Waals surface area contributed by atoms with E-state index in [1.54, 1.807) is 43.5 Å². The lowest BCUT2D eigenvalue weighted by molar-refractivity contribution is 0.101. The number of anilines is 1. The van der Waals surface area contributed by atoms with Gasteiger partial charge in [0.15, 0.2) is 5.82 Å². The van der Waals surface area contributed by atoms with Crippen molar-refractivity contribution in [3.63, 3.8) is 0 Å². The number of fused-ring (bicyclic) bond motifs is 1. The molecule has 0 fully saturated rings. The molecule has 0 bridgehead atoms. The van der Waals surface area contributed by atoms with Crippen LogP contribution < -0.4 is 10.1 Å². The third-order valence-corrected chi connectivity index (χ3v) is 3.22. The van der Waals surface area contributed by atoms with E-state index in [4.69, 9.17) is 16.3 Å². The Morgan fingerprint density at radius 1 is 1.29 bits per heavy atom.